The summed E-state index contributed by atoms with van der Waals surface area (Å²) in [7, 11) is 1.97. The van der Waals surface area contributed by atoms with Crippen LogP contribution in [-0.4, -0.2) is 33.5 Å². The van der Waals surface area contributed by atoms with E-state index in [0.29, 0.717) is 39.6 Å². The summed E-state index contributed by atoms with van der Waals surface area (Å²) in [6.07, 6.45) is 0. The number of hydrogen-bond acceptors (Lipinski definition) is 5. The van der Waals surface area contributed by atoms with Crippen LogP contribution in [0.5, 0.6) is 0 Å². The van der Waals surface area contributed by atoms with E-state index in [4.69, 9.17) is 14.2 Å². The van der Waals surface area contributed by atoms with Crippen molar-refractivity contribution in [2.45, 2.75) is 39.8 Å². The van der Waals surface area contributed by atoms with Crippen LogP contribution in [-0.2, 0) is 47.1 Å². The number of nitrogens with one attached hydrogen (secondary N) is 2. The van der Waals surface area contributed by atoms with Gasteiger partial charge in [0.05, 0.1) is 39.6 Å². The summed E-state index contributed by atoms with van der Waals surface area (Å²) in [6.45, 7) is 8.22. The van der Waals surface area contributed by atoms with Crippen LogP contribution in [0.4, 0.5) is 0 Å². The molecule has 0 spiro atoms. The predicted molar refractivity (Wildman–Crippen MR) is 138 cm³/mol. The van der Waals surface area contributed by atoms with E-state index in [0.717, 1.165) is 19.6 Å². The maximum absolute atomic E-state index is 5.73. The summed E-state index contributed by atoms with van der Waals surface area (Å²) in [5.74, 6) is 0. The molecule has 34 heavy (non-hydrogen) atoms. The molecule has 0 aliphatic carbocycles. The average Bonchev–Trinajstić information content (AvgIpc) is 2.85. The normalized spacial score (nSPS) is 11.1. The molecule has 5 heteroatoms. The Bertz CT molecular complexity index is 942. The topological polar surface area (TPSA) is 51.8 Å². The lowest BCUT2D eigenvalue weighted by atomic mass is 10.1. The maximum Gasteiger partial charge on any atom is 0.0718 e. The molecule has 0 radical (unpaired) electrons. The van der Waals surface area contributed by atoms with Gasteiger partial charge in [-0.25, -0.2) is 0 Å². The molecule has 0 amide bonds. The highest BCUT2D eigenvalue weighted by atomic mass is 16.5. The summed E-state index contributed by atoms with van der Waals surface area (Å²) in [4.78, 5) is 0. The first-order chi connectivity index (χ1) is 16.7. The zero-order valence-corrected chi connectivity index (χ0v) is 20.5. The standard InChI is InChI=1S/C29H38N2O3/c1-24-6-8-26(9-7-24)22-33-16-14-32-15-17-34-23-27-12-10-25(11-13-27)20-31-21-29-5-3-4-28(18-29)19-30-2/h3-13,18,30-31H,14-17,19-23H2,1-2H3. The molecule has 2 N–H and O–H groups in total. The van der Waals surface area contributed by atoms with Crippen LogP contribution in [0.25, 0.3) is 0 Å². The molecular formula is C29H38N2O3. The minimum Gasteiger partial charge on any atom is -0.377 e. The third-order valence-electron chi connectivity index (χ3n) is 5.46. The molecule has 0 fully saturated rings. The zero-order chi connectivity index (χ0) is 23.8. The van der Waals surface area contributed by atoms with Crippen molar-refractivity contribution >= 4 is 0 Å². The van der Waals surface area contributed by atoms with E-state index in [-0.39, 0.29) is 0 Å². The number of hydrogen-bond donors (Lipinski definition) is 2. The molecule has 3 aromatic carbocycles. The summed E-state index contributed by atoms with van der Waals surface area (Å²) in [5.41, 5.74) is 7.50. The van der Waals surface area contributed by atoms with Gasteiger partial charge in [-0.3, -0.25) is 0 Å². The second-order valence-corrected chi connectivity index (χ2v) is 8.47. The average molecular weight is 463 g/mol. The van der Waals surface area contributed by atoms with Gasteiger partial charge in [0, 0.05) is 19.6 Å². The molecule has 0 atom stereocenters. The summed E-state index contributed by atoms with van der Waals surface area (Å²) < 4.78 is 17.0. The van der Waals surface area contributed by atoms with Crippen LogP contribution in [0.2, 0.25) is 0 Å². The summed E-state index contributed by atoms with van der Waals surface area (Å²) >= 11 is 0. The third-order valence-corrected chi connectivity index (χ3v) is 5.46. The quantitative estimate of drug-likeness (QED) is 0.301. The van der Waals surface area contributed by atoms with Crippen molar-refractivity contribution in [1.82, 2.24) is 10.6 Å². The Kier molecular flexibility index (Phi) is 11.8. The molecule has 0 heterocycles. The second-order valence-electron chi connectivity index (χ2n) is 8.47. The van der Waals surface area contributed by atoms with E-state index in [9.17, 15) is 0 Å². The van der Waals surface area contributed by atoms with Crippen LogP contribution >= 0.6 is 0 Å². The van der Waals surface area contributed by atoms with Crippen molar-refractivity contribution in [1.29, 1.82) is 0 Å². The first kappa shape index (κ1) is 26.1. The van der Waals surface area contributed by atoms with Crippen molar-refractivity contribution in [3.05, 3.63) is 106 Å². The molecule has 5 nitrogen and oxygen atoms in total. The van der Waals surface area contributed by atoms with Gasteiger partial charge < -0.3 is 24.8 Å². The van der Waals surface area contributed by atoms with E-state index < -0.39 is 0 Å². The number of ether oxygens (including phenoxy) is 3. The fourth-order valence-corrected chi connectivity index (χ4v) is 3.56. The van der Waals surface area contributed by atoms with E-state index >= 15 is 0 Å². The van der Waals surface area contributed by atoms with E-state index in [1.807, 2.05) is 7.05 Å². The maximum atomic E-state index is 5.73. The Morgan fingerprint density at radius 2 is 1.06 bits per heavy atom. The molecule has 3 aromatic rings. The summed E-state index contributed by atoms with van der Waals surface area (Å²) in [6, 6.07) is 25.6. The SMILES string of the molecule is CNCc1cccc(CNCc2ccc(COCCOCCOCc3ccc(C)cc3)cc2)c1. The molecule has 3 rings (SSSR count). The van der Waals surface area contributed by atoms with Gasteiger partial charge in [0.2, 0.25) is 0 Å². The van der Waals surface area contributed by atoms with Crippen molar-refractivity contribution in [2.75, 3.05) is 33.5 Å². The van der Waals surface area contributed by atoms with Gasteiger partial charge in [0.25, 0.3) is 0 Å². The molecular weight excluding hydrogens is 424 g/mol. The summed E-state index contributed by atoms with van der Waals surface area (Å²) in [5, 5.41) is 6.71. The van der Waals surface area contributed by atoms with E-state index in [1.54, 1.807) is 0 Å². The van der Waals surface area contributed by atoms with Crippen LogP contribution in [0.15, 0.2) is 72.8 Å². The molecule has 0 aliphatic heterocycles. The lowest BCUT2D eigenvalue weighted by Crippen LogP contribution is -2.13. The Balaban J connectivity index is 1.20. The Morgan fingerprint density at radius 1 is 0.559 bits per heavy atom. The molecule has 0 bridgehead atoms. The van der Waals surface area contributed by atoms with Crippen molar-refractivity contribution in [3.63, 3.8) is 0 Å². The van der Waals surface area contributed by atoms with Gasteiger partial charge in [-0.1, -0.05) is 78.4 Å². The Hall–Kier alpha value is -2.54. The second kappa shape index (κ2) is 15.4. The monoisotopic (exact) mass is 462 g/mol. The molecule has 0 saturated carbocycles. The lowest BCUT2D eigenvalue weighted by molar-refractivity contribution is 0.00704. The van der Waals surface area contributed by atoms with Gasteiger partial charge in [-0.05, 0) is 41.8 Å². The van der Waals surface area contributed by atoms with Gasteiger partial charge in [0.1, 0.15) is 0 Å². The van der Waals surface area contributed by atoms with E-state index in [2.05, 4.69) is 90.4 Å². The van der Waals surface area contributed by atoms with Crippen LogP contribution in [0.3, 0.4) is 0 Å². The Morgan fingerprint density at radius 3 is 1.68 bits per heavy atom. The molecule has 182 valence electrons. The fourth-order valence-electron chi connectivity index (χ4n) is 3.56. The van der Waals surface area contributed by atoms with Crippen LogP contribution < -0.4 is 10.6 Å². The van der Waals surface area contributed by atoms with Gasteiger partial charge in [0.15, 0.2) is 0 Å². The number of rotatable bonds is 16. The predicted octanol–water partition coefficient (Wildman–Crippen LogP) is 4.75. The van der Waals surface area contributed by atoms with Gasteiger partial charge >= 0.3 is 0 Å². The van der Waals surface area contributed by atoms with Gasteiger partial charge in [-0.2, -0.15) is 0 Å². The highest BCUT2D eigenvalue weighted by Gasteiger charge is 1.99. The van der Waals surface area contributed by atoms with Crippen molar-refractivity contribution in [2.24, 2.45) is 0 Å². The smallest absolute Gasteiger partial charge is 0.0718 e. The lowest BCUT2D eigenvalue weighted by Gasteiger charge is -2.09. The fraction of sp³-hybridized carbons (Fsp3) is 0.379. The van der Waals surface area contributed by atoms with Gasteiger partial charge in [-0.15, -0.1) is 0 Å². The molecule has 0 aliphatic rings. The first-order valence-electron chi connectivity index (χ1n) is 12.0. The Labute approximate surface area is 204 Å². The zero-order valence-electron chi connectivity index (χ0n) is 20.5. The number of aryl methyl sites for hydroxylation is 1. The highest BCUT2D eigenvalue weighted by Crippen LogP contribution is 2.08. The molecule has 0 saturated heterocycles. The molecule has 0 unspecified atom stereocenters. The van der Waals surface area contributed by atoms with Crippen molar-refractivity contribution < 1.29 is 14.2 Å². The van der Waals surface area contributed by atoms with Crippen LogP contribution in [0.1, 0.15) is 33.4 Å². The van der Waals surface area contributed by atoms with Crippen molar-refractivity contribution in [3.8, 4) is 0 Å². The minimum absolute atomic E-state index is 0.575. The first-order valence-corrected chi connectivity index (χ1v) is 12.0. The highest BCUT2D eigenvalue weighted by molar-refractivity contribution is 5.24. The largest absolute Gasteiger partial charge is 0.377 e. The van der Waals surface area contributed by atoms with E-state index in [1.165, 1.54) is 33.4 Å². The minimum atomic E-state index is 0.575. The number of benzene rings is 3. The van der Waals surface area contributed by atoms with Crippen LogP contribution in [0, 0.1) is 6.92 Å². The molecule has 0 aromatic heterocycles. The third kappa shape index (κ3) is 10.2.